The number of aryl methyl sites for hydroxylation is 1. The van der Waals surface area contributed by atoms with Crippen LogP contribution in [0.2, 0.25) is 0 Å². The van der Waals surface area contributed by atoms with Crippen molar-refractivity contribution in [3.63, 3.8) is 0 Å². The van der Waals surface area contributed by atoms with Crippen molar-refractivity contribution >= 4 is 45.4 Å². The van der Waals surface area contributed by atoms with Gasteiger partial charge in [0, 0.05) is 6.04 Å². The molecule has 2 aromatic rings. The SMILES string of the molecule is Cc1nnc(/N=C2/S/C(=C\c3cccc(F)c3)C(=O)N2C2CCCCC2)s1. The molecule has 1 saturated carbocycles. The molecule has 2 aliphatic rings. The summed E-state index contributed by atoms with van der Waals surface area (Å²) in [7, 11) is 0. The molecule has 8 heteroatoms. The molecule has 0 radical (unpaired) electrons. The zero-order valence-electron chi connectivity index (χ0n) is 14.9. The third kappa shape index (κ3) is 4.11. The van der Waals surface area contributed by atoms with Crippen molar-refractivity contribution in [1.29, 1.82) is 0 Å². The van der Waals surface area contributed by atoms with Crippen LogP contribution in [0, 0.1) is 12.7 Å². The third-order valence-corrected chi connectivity index (χ3v) is 6.35. The normalized spacial score (nSPS) is 21.6. The van der Waals surface area contributed by atoms with E-state index in [2.05, 4.69) is 15.2 Å². The Morgan fingerprint density at radius 1 is 1.26 bits per heavy atom. The van der Waals surface area contributed by atoms with E-state index >= 15 is 0 Å². The summed E-state index contributed by atoms with van der Waals surface area (Å²) in [5, 5.41) is 10.1. The molecule has 5 nitrogen and oxygen atoms in total. The van der Waals surface area contributed by atoms with Crippen LogP contribution in [0.15, 0.2) is 34.2 Å². The molecule has 1 aromatic heterocycles. The number of aliphatic imine (C=N–C) groups is 1. The molecule has 2 fully saturated rings. The summed E-state index contributed by atoms with van der Waals surface area (Å²) in [6, 6.07) is 6.41. The highest BCUT2D eigenvalue weighted by Crippen LogP contribution is 2.38. The first-order chi connectivity index (χ1) is 13.1. The van der Waals surface area contributed by atoms with Gasteiger partial charge in [-0.2, -0.15) is 4.99 Å². The van der Waals surface area contributed by atoms with Gasteiger partial charge in [-0.15, -0.1) is 10.2 Å². The van der Waals surface area contributed by atoms with Crippen LogP contribution in [-0.2, 0) is 4.79 Å². The van der Waals surface area contributed by atoms with Crippen molar-refractivity contribution in [1.82, 2.24) is 15.1 Å². The molecule has 1 aliphatic carbocycles. The first-order valence-corrected chi connectivity index (χ1v) is 10.6. The maximum absolute atomic E-state index is 13.5. The molecule has 1 aromatic carbocycles. The topological polar surface area (TPSA) is 58.5 Å². The van der Waals surface area contributed by atoms with E-state index in [9.17, 15) is 9.18 Å². The minimum absolute atomic E-state index is 0.0591. The average molecular weight is 403 g/mol. The number of rotatable bonds is 3. The smallest absolute Gasteiger partial charge is 0.267 e. The molecule has 140 valence electrons. The molecular weight excluding hydrogens is 383 g/mol. The van der Waals surface area contributed by atoms with Crippen LogP contribution in [0.1, 0.15) is 42.7 Å². The Balaban J connectivity index is 1.69. The standard InChI is InChI=1S/C19H19FN4OS2/c1-12-22-23-18(26-12)21-19-24(15-8-3-2-4-9-15)17(25)16(27-19)11-13-6-5-7-14(20)10-13/h5-7,10-11,15H,2-4,8-9H2,1H3/b16-11-,21-19+. The van der Waals surface area contributed by atoms with Gasteiger partial charge in [0.15, 0.2) is 5.17 Å². The van der Waals surface area contributed by atoms with Crippen molar-refractivity contribution in [3.05, 3.63) is 45.6 Å². The van der Waals surface area contributed by atoms with E-state index in [0.29, 0.717) is 20.8 Å². The first kappa shape index (κ1) is 18.3. The fraction of sp³-hybridized carbons (Fsp3) is 0.368. The lowest BCUT2D eigenvalue weighted by Crippen LogP contribution is -2.40. The second-order valence-corrected chi connectivity index (χ2v) is 8.80. The molecule has 0 unspecified atom stereocenters. The molecule has 1 saturated heterocycles. The van der Waals surface area contributed by atoms with Crippen LogP contribution in [0.5, 0.6) is 0 Å². The minimum Gasteiger partial charge on any atom is -0.283 e. The number of thioether (sulfide) groups is 1. The highest BCUT2D eigenvalue weighted by molar-refractivity contribution is 8.18. The van der Waals surface area contributed by atoms with Crippen molar-refractivity contribution in [2.24, 2.45) is 4.99 Å². The van der Waals surface area contributed by atoms with Crippen LogP contribution in [0.3, 0.4) is 0 Å². The van der Waals surface area contributed by atoms with Crippen LogP contribution < -0.4 is 0 Å². The molecule has 0 bridgehead atoms. The quantitative estimate of drug-likeness (QED) is 0.684. The van der Waals surface area contributed by atoms with E-state index in [0.717, 1.165) is 30.7 Å². The Morgan fingerprint density at radius 3 is 2.78 bits per heavy atom. The lowest BCUT2D eigenvalue weighted by atomic mass is 9.94. The van der Waals surface area contributed by atoms with E-state index in [4.69, 9.17) is 0 Å². The monoisotopic (exact) mass is 402 g/mol. The van der Waals surface area contributed by atoms with Gasteiger partial charge in [0.2, 0.25) is 5.13 Å². The summed E-state index contributed by atoms with van der Waals surface area (Å²) in [5.74, 6) is -0.377. The summed E-state index contributed by atoms with van der Waals surface area (Å²) in [6.45, 7) is 1.88. The number of carbonyl (C=O) groups excluding carboxylic acids is 1. The predicted octanol–water partition coefficient (Wildman–Crippen LogP) is 4.92. The molecule has 0 N–H and O–H groups in total. The second-order valence-electron chi connectivity index (χ2n) is 6.63. The van der Waals surface area contributed by atoms with E-state index in [-0.39, 0.29) is 17.8 Å². The zero-order chi connectivity index (χ0) is 18.8. The molecule has 4 rings (SSSR count). The Kier molecular flexibility index (Phi) is 5.36. The van der Waals surface area contributed by atoms with Gasteiger partial charge in [0.25, 0.3) is 5.91 Å². The number of aromatic nitrogens is 2. The highest BCUT2D eigenvalue weighted by Gasteiger charge is 2.38. The Morgan fingerprint density at radius 2 is 2.07 bits per heavy atom. The molecule has 0 atom stereocenters. The molecular formula is C19H19FN4OS2. The summed E-state index contributed by atoms with van der Waals surface area (Å²) >= 11 is 2.73. The minimum atomic E-state index is -0.317. The van der Waals surface area contributed by atoms with E-state index in [1.165, 1.54) is 41.7 Å². The van der Waals surface area contributed by atoms with Gasteiger partial charge < -0.3 is 0 Å². The van der Waals surface area contributed by atoms with Gasteiger partial charge >= 0.3 is 0 Å². The van der Waals surface area contributed by atoms with Gasteiger partial charge in [-0.3, -0.25) is 9.69 Å². The molecule has 0 spiro atoms. The lowest BCUT2D eigenvalue weighted by Gasteiger charge is -2.30. The van der Waals surface area contributed by atoms with E-state index in [1.807, 2.05) is 11.8 Å². The van der Waals surface area contributed by atoms with Gasteiger partial charge in [-0.1, -0.05) is 42.7 Å². The van der Waals surface area contributed by atoms with Crippen molar-refractivity contribution in [2.45, 2.75) is 45.1 Å². The number of carbonyl (C=O) groups is 1. The Labute approximate surface area is 165 Å². The second kappa shape index (κ2) is 7.90. The Hall–Kier alpha value is -2.06. The maximum Gasteiger partial charge on any atom is 0.267 e. The Bertz CT molecular complexity index is 918. The fourth-order valence-corrected chi connectivity index (χ4v) is 5.04. The van der Waals surface area contributed by atoms with Gasteiger partial charge in [-0.05, 0) is 55.3 Å². The van der Waals surface area contributed by atoms with Gasteiger partial charge in [0.05, 0.1) is 4.91 Å². The largest absolute Gasteiger partial charge is 0.283 e. The van der Waals surface area contributed by atoms with Gasteiger partial charge in [0.1, 0.15) is 10.8 Å². The summed E-state index contributed by atoms with van der Waals surface area (Å²) in [4.78, 5) is 20.1. The number of amides is 1. The summed E-state index contributed by atoms with van der Waals surface area (Å²) < 4.78 is 13.5. The average Bonchev–Trinajstić information content (AvgIpc) is 3.19. The summed E-state index contributed by atoms with van der Waals surface area (Å²) in [6.07, 6.45) is 7.14. The number of hydrogen-bond donors (Lipinski definition) is 0. The van der Waals surface area contributed by atoms with Crippen molar-refractivity contribution in [3.8, 4) is 0 Å². The van der Waals surface area contributed by atoms with Crippen LogP contribution >= 0.6 is 23.1 Å². The number of benzene rings is 1. The van der Waals surface area contributed by atoms with E-state index < -0.39 is 0 Å². The number of nitrogens with zero attached hydrogens (tertiary/aromatic N) is 4. The molecule has 27 heavy (non-hydrogen) atoms. The molecule has 1 aliphatic heterocycles. The van der Waals surface area contributed by atoms with Gasteiger partial charge in [-0.25, -0.2) is 4.39 Å². The zero-order valence-corrected chi connectivity index (χ0v) is 16.5. The number of hydrogen-bond acceptors (Lipinski definition) is 6. The first-order valence-electron chi connectivity index (χ1n) is 8.97. The van der Waals surface area contributed by atoms with Crippen LogP contribution in [-0.4, -0.2) is 32.2 Å². The summed E-state index contributed by atoms with van der Waals surface area (Å²) in [5.41, 5.74) is 0.669. The lowest BCUT2D eigenvalue weighted by molar-refractivity contribution is -0.124. The predicted molar refractivity (Wildman–Crippen MR) is 107 cm³/mol. The van der Waals surface area contributed by atoms with Crippen molar-refractivity contribution in [2.75, 3.05) is 0 Å². The third-order valence-electron chi connectivity index (χ3n) is 4.63. The van der Waals surface area contributed by atoms with Crippen molar-refractivity contribution < 1.29 is 9.18 Å². The van der Waals surface area contributed by atoms with Crippen LogP contribution in [0.4, 0.5) is 9.52 Å². The van der Waals surface area contributed by atoms with E-state index in [1.54, 1.807) is 18.2 Å². The highest BCUT2D eigenvalue weighted by atomic mass is 32.2. The maximum atomic E-state index is 13.5. The number of halogens is 1. The molecule has 1 amide bonds. The number of amidine groups is 1. The molecule has 2 heterocycles. The van der Waals surface area contributed by atoms with Crippen LogP contribution in [0.25, 0.3) is 6.08 Å². The fourth-order valence-electron chi connectivity index (χ4n) is 3.39.